The van der Waals surface area contributed by atoms with E-state index < -0.39 is 11.2 Å². The largest absolute Gasteiger partial charge is 0.390 e. The number of aliphatic hydroxyl groups is 2. The van der Waals surface area contributed by atoms with Crippen LogP contribution < -0.4 is 0 Å². The Morgan fingerprint density at radius 2 is 1.62 bits per heavy atom. The van der Waals surface area contributed by atoms with E-state index >= 15 is 0 Å². The number of fused-ring (bicyclic) bond motifs is 5. The second-order valence-corrected chi connectivity index (χ2v) is 13.0. The van der Waals surface area contributed by atoms with E-state index in [2.05, 4.69) is 20.8 Å². The SMILES string of the molecule is C[C@H](CCCC(C)(C)O)[C@H]1CC[C@@H]2[C@]1(C)CC[C@H]1[C@@]2(O)CCC2CCCC[C@@]21C. The van der Waals surface area contributed by atoms with Crippen LogP contribution in [-0.4, -0.2) is 21.4 Å². The Morgan fingerprint density at radius 3 is 2.34 bits per heavy atom. The first kappa shape index (κ1) is 22.1. The third-order valence-corrected chi connectivity index (χ3v) is 10.9. The van der Waals surface area contributed by atoms with Gasteiger partial charge in [-0.25, -0.2) is 0 Å². The summed E-state index contributed by atoms with van der Waals surface area (Å²) in [5.41, 5.74) is -0.236. The van der Waals surface area contributed by atoms with Gasteiger partial charge in [-0.2, -0.15) is 0 Å². The van der Waals surface area contributed by atoms with Crippen molar-refractivity contribution >= 4 is 0 Å². The van der Waals surface area contributed by atoms with E-state index in [-0.39, 0.29) is 0 Å². The summed E-state index contributed by atoms with van der Waals surface area (Å²) in [6.07, 6.45) is 16.3. The number of rotatable bonds is 5. The average Bonchev–Trinajstić information content (AvgIpc) is 2.98. The normalized spacial score (nSPS) is 48.5. The first-order valence-corrected chi connectivity index (χ1v) is 13.0. The van der Waals surface area contributed by atoms with Crippen molar-refractivity contribution in [2.75, 3.05) is 0 Å². The molecule has 0 heterocycles. The van der Waals surface area contributed by atoms with Gasteiger partial charge in [0, 0.05) is 0 Å². The lowest BCUT2D eigenvalue weighted by molar-refractivity contribution is -0.222. The zero-order valence-electron chi connectivity index (χ0n) is 20.0. The van der Waals surface area contributed by atoms with Crippen LogP contribution in [0.4, 0.5) is 0 Å². The Kier molecular flexibility index (Phi) is 5.73. The molecule has 1 unspecified atom stereocenters. The fourth-order valence-electron chi connectivity index (χ4n) is 9.40. The van der Waals surface area contributed by atoms with Crippen LogP contribution in [0, 0.1) is 40.4 Å². The number of hydrogen-bond acceptors (Lipinski definition) is 2. The van der Waals surface area contributed by atoms with Crippen LogP contribution in [0.25, 0.3) is 0 Å². The molecule has 0 aliphatic heterocycles. The van der Waals surface area contributed by atoms with E-state index in [1.165, 1.54) is 64.2 Å². The lowest BCUT2D eigenvalue weighted by Gasteiger charge is -2.64. The zero-order chi connectivity index (χ0) is 21.1. The summed E-state index contributed by atoms with van der Waals surface area (Å²) in [5, 5.41) is 22.4. The molecule has 4 fully saturated rings. The second-order valence-electron chi connectivity index (χ2n) is 13.0. The maximum absolute atomic E-state index is 12.3. The van der Waals surface area contributed by atoms with Gasteiger partial charge in [0.1, 0.15) is 0 Å². The van der Waals surface area contributed by atoms with Crippen LogP contribution in [-0.2, 0) is 0 Å². The average molecular weight is 405 g/mol. The standard InChI is InChI=1S/C27H48O2/c1-19(9-8-15-24(2,3)28)21-11-12-22-26(21,5)17-14-23-25(4)16-7-6-10-20(25)13-18-27(22,23)29/h19-23,28-29H,6-18H2,1-5H3/t19-,20?,21-,22-,23-,25+,26-,27-/m1/s1. The van der Waals surface area contributed by atoms with Gasteiger partial charge in [-0.15, -0.1) is 0 Å². The van der Waals surface area contributed by atoms with Crippen LogP contribution in [0.3, 0.4) is 0 Å². The van der Waals surface area contributed by atoms with Gasteiger partial charge < -0.3 is 10.2 Å². The first-order chi connectivity index (χ1) is 13.5. The highest BCUT2D eigenvalue weighted by molar-refractivity contribution is 5.16. The highest BCUT2D eigenvalue weighted by Crippen LogP contribution is 2.69. The maximum atomic E-state index is 12.3. The van der Waals surface area contributed by atoms with Crippen LogP contribution >= 0.6 is 0 Å². The monoisotopic (exact) mass is 404 g/mol. The van der Waals surface area contributed by atoms with Gasteiger partial charge >= 0.3 is 0 Å². The Labute approximate surface area is 180 Å². The molecule has 2 N–H and O–H groups in total. The summed E-state index contributed by atoms with van der Waals surface area (Å²) in [7, 11) is 0. The van der Waals surface area contributed by atoms with Gasteiger partial charge in [-0.3, -0.25) is 0 Å². The highest BCUT2D eigenvalue weighted by Gasteiger charge is 2.66. The molecule has 0 saturated heterocycles. The fraction of sp³-hybridized carbons (Fsp3) is 1.00. The highest BCUT2D eigenvalue weighted by atomic mass is 16.3. The fourth-order valence-corrected chi connectivity index (χ4v) is 9.40. The molecule has 8 atom stereocenters. The summed E-state index contributed by atoms with van der Waals surface area (Å²) in [4.78, 5) is 0. The Balaban J connectivity index is 1.50. The smallest absolute Gasteiger partial charge is 0.0714 e. The summed E-state index contributed by atoms with van der Waals surface area (Å²) in [6.45, 7) is 11.4. The van der Waals surface area contributed by atoms with Gasteiger partial charge in [0.25, 0.3) is 0 Å². The van der Waals surface area contributed by atoms with E-state index in [0.717, 1.165) is 31.1 Å². The molecule has 4 aliphatic carbocycles. The van der Waals surface area contributed by atoms with E-state index in [0.29, 0.717) is 28.6 Å². The van der Waals surface area contributed by atoms with Crippen molar-refractivity contribution in [3.05, 3.63) is 0 Å². The Morgan fingerprint density at radius 1 is 0.897 bits per heavy atom. The molecule has 4 aliphatic rings. The molecular weight excluding hydrogens is 356 g/mol. The van der Waals surface area contributed by atoms with Crippen LogP contribution in [0.15, 0.2) is 0 Å². The van der Waals surface area contributed by atoms with Crippen molar-refractivity contribution in [3.63, 3.8) is 0 Å². The molecule has 2 heteroatoms. The van der Waals surface area contributed by atoms with Crippen LogP contribution in [0.1, 0.15) is 118 Å². The molecule has 2 nitrogen and oxygen atoms in total. The quantitative estimate of drug-likeness (QED) is 0.533. The molecule has 0 aromatic rings. The van der Waals surface area contributed by atoms with Gasteiger partial charge in [0.05, 0.1) is 11.2 Å². The predicted molar refractivity (Wildman–Crippen MR) is 121 cm³/mol. The van der Waals surface area contributed by atoms with Crippen molar-refractivity contribution in [1.82, 2.24) is 0 Å². The molecule has 0 bridgehead atoms. The Hall–Kier alpha value is -0.0800. The lowest BCUT2D eigenvalue weighted by atomic mass is 9.42. The molecule has 0 aromatic heterocycles. The van der Waals surface area contributed by atoms with Gasteiger partial charge in [-0.1, -0.05) is 46.5 Å². The maximum Gasteiger partial charge on any atom is 0.0714 e. The summed E-state index contributed by atoms with van der Waals surface area (Å²) < 4.78 is 0. The van der Waals surface area contributed by atoms with Crippen LogP contribution in [0.2, 0.25) is 0 Å². The van der Waals surface area contributed by atoms with E-state index in [1.54, 1.807) is 0 Å². The third kappa shape index (κ3) is 3.63. The second kappa shape index (κ2) is 7.51. The van der Waals surface area contributed by atoms with Crippen molar-refractivity contribution in [1.29, 1.82) is 0 Å². The Bertz CT molecular complexity index is 594. The minimum Gasteiger partial charge on any atom is -0.390 e. The summed E-state index contributed by atoms with van der Waals surface area (Å²) >= 11 is 0. The van der Waals surface area contributed by atoms with Gasteiger partial charge in [-0.05, 0) is 112 Å². The van der Waals surface area contributed by atoms with E-state index in [4.69, 9.17) is 0 Å². The topological polar surface area (TPSA) is 40.5 Å². The predicted octanol–water partition coefficient (Wildman–Crippen LogP) is 6.73. The minimum absolute atomic E-state index is 0.317. The van der Waals surface area contributed by atoms with Gasteiger partial charge in [0.15, 0.2) is 0 Å². The van der Waals surface area contributed by atoms with E-state index in [9.17, 15) is 10.2 Å². The van der Waals surface area contributed by atoms with Crippen molar-refractivity contribution in [2.24, 2.45) is 40.4 Å². The zero-order valence-corrected chi connectivity index (χ0v) is 20.0. The molecule has 0 amide bonds. The molecule has 4 rings (SSSR count). The molecule has 0 radical (unpaired) electrons. The van der Waals surface area contributed by atoms with Crippen molar-refractivity contribution in [3.8, 4) is 0 Å². The van der Waals surface area contributed by atoms with E-state index in [1.807, 2.05) is 13.8 Å². The van der Waals surface area contributed by atoms with Crippen molar-refractivity contribution < 1.29 is 10.2 Å². The van der Waals surface area contributed by atoms with Gasteiger partial charge in [0.2, 0.25) is 0 Å². The van der Waals surface area contributed by atoms with Crippen LogP contribution in [0.5, 0.6) is 0 Å². The molecule has 4 saturated carbocycles. The van der Waals surface area contributed by atoms with Crippen molar-refractivity contribution in [2.45, 2.75) is 129 Å². The molecule has 0 spiro atoms. The molecule has 29 heavy (non-hydrogen) atoms. The third-order valence-electron chi connectivity index (χ3n) is 10.9. The molecule has 168 valence electrons. The molecule has 0 aromatic carbocycles. The summed E-state index contributed by atoms with van der Waals surface area (Å²) in [5.74, 6) is 3.36. The molecular formula is C27H48O2. The minimum atomic E-state index is -0.539. The lowest BCUT2D eigenvalue weighted by Crippen LogP contribution is -2.63. The number of hydrogen-bond donors (Lipinski definition) is 2. The summed E-state index contributed by atoms with van der Waals surface area (Å²) in [6, 6.07) is 0. The first-order valence-electron chi connectivity index (χ1n) is 13.0.